The molecule has 120 valence electrons. The lowest BCUT2D eigenvalue weighted by Gasteiger charge is -2.38. The monoisotopic (exact) mass is 331 g/mol. The molecule has 1 aromatic rings. The molecule has 0 aliphatic heterocycles. The second-order valence-corrected chi connectivity index (χ2v) is 12.0. The maximum atomic E-state index is 12.4. The summed E-state index contributed by atoms with van der Waals surface area (Å²) in [4.78, 5) is 16.5. The fraction of sp³-hybridized carbons (Fsp3) is 0.769. The fourth-order valence-electron chi connectivity index (χ4n) is 1.38. The van der Waals surface area contributed by atoms with Crippen molar-refractivity contribution in [2.24, 2.45) is 0 Å². The van der Waals surface area contributed by atoms with Gasteiger partial charge in [-0.25, -0.2) is 4.98 Å². The van der Waals surface area contributed by atoms with Gasteiger partial charge in [0.15, 0.2) is 8.32 Å². The molecule has 0 saturated heterocycles. The molecule has 1 heterocycles. The van der Waals surface area contributed by atoms with Gasteiger partial charge in [-0.2, -0.15) is 4.37 Å². The largest absolute Gasteiger partial charge is 0.403 e. The first-order valence-electron chi connectivity index (χ1n) is 6.85. The molecule has 6 nitrogen and oxygen atoms in total. The molecular weight excluding hydrogens is 306 g/mol. The lowest BCUT2D eigenvalue weighted by Crippen LogP contribution is -2.48. The van der Waals surface area contributed by atoms with Crippen molar-refractivity contribution in [1.29, 1.82) is 0 Å². The predicted molar refractivity (Wildman–Crippen MR) is 87.2 cm³/mol. The summed E-state index contributed by atoms with van der Waals surface area (Å²) in [5.74, 6) is 0.404. The number of hydrogen-bond acceptors (Lipinski definition) is 6. The van der Waals surface area contributed by atoms with Gasteiger partial charge in [0.2, 0.25) is 5.13 Å². The van der Waals surface area contributed by atoms with E-state index in [1.54, 1.807) is 14.0 Å². The summed E-state index contributed by atoms with van der Waals surface area (Å²) in [6.45, 7) is 12.6. The van der Waals surface area contributed by atoms with E-state index in [-0.39, 0.29) is 17.6 Å². The van der Waals surface area contributed by atoms with Gasteiger partial charge in [0.05, 0.1) is 6.61 Å². The molecule has 8 heteroatoms. The predicted octanol–water partition coefficient (Wildman–Crippen LogP) is 2.82. The number of nitrogens with one attached hydrogen (secondary N) is 1. The molecule has 0 bridgehead atoms. The molecular formula is C13H25N3O3SSi. The molecule has 0 saturated carbocycles. The Morgan fingerprint density at radius 1 is 1.43 bits per heavy atom. The van der Waals surface area contributed by atoms with Crippen LogP contribution in [0.25, 0.3) is 0 Å². The Labute approximate surface area is 131 Å². The van der Waals surface area contributed by atoms with E-state index in [1.807, 2.05) is 0 Å². The number of hydrogen-bond donors (Lipinski definition) is 1. The van der Waals surface area contributed by atoms with E-state index in [0.717, 1.165) is 11.5 Å². The molecule has 0 spiro atoms. The van der Waals surface area contributed by atoms with Gasteiger partial charge in [0, 0.05) is 18.6 Å². The summed E-state index contributed by atoms with van der Waals surface area (Å²) in [6.07, 6.45) is -0.639. The van der Waals surface area contributed by atoms with Crippen LogP contribution >= 0.6 is 11.5 Å². The van der Waals surface area contributed by atoms with Crippen LogP contribution in [-0.2, 0) is 14.0 Å². The number of rotatable bonds is 6. The number of amides is 1. The first-order valence-corrected chi connectivity index (χ1v) is 10.5. The Morgan fingerprint density at radius 3 is 2.48 bits per heavy atom. The molecule has 0 fully saturated rings. The lowest BCUT2D eigenvalue weighted by atomic mass is 10.2. The average molecular weight is 332 g/mol. The zero-order valence-corrected chi connectivity index (χ0v) is 15.6. The van der Waals surface area contributed by atoms with Crippen molar-refractivity contribution in [3.8, 4) is 0 Å². The van der Waals surface area contributed by atoms with Crippen LogP contribution in [0.5, 0.6) is 0 Å². The van der Waals surface area contributed by atoms with E-state index in [2.05, 4.69) is 48.5 Å². The molecule has 1 rings (SSSR count). The third-order valence-electron chi connectivity index (χ3n) is 3.61. The van der Waals surface area contributed by atoms with E-state index in [9.17, 15) is 4.79 Å². The molecule has 0 aliphatic carbocycles. The number of methoxy groups -OCH3 is 1. The summed E-state index contributed by atoms with van der Waals surface area (Å²) in [7, 11) is -0.494. The van der Waals surface area contributed by atoms with Crippen molar-refractivity contribution in [2.45, 2.75) is 51.9 Å². The van der Waals surface area contributed by atoms with Gasteiger partial charge in [-0.1, -0.05) is 20.8 Å². The number of nitrogens with zero attached hydrogens (tertiary/aromatic N) is 2. The number of aryl methyl sites for hydroxylation is 1. The topological polar surface area (TPSA) is 73.3 Å². The number of carbonyl (C=O) groups is 1. The summed E-state index contributed by atoms with van der Waals surface area (Å²) < 4.78 is 15.3. The lowest BCUT2D eigenvalue weighted by molar-refractivity contribution is -0.125. The van der Waals surface area contributed by atoms with Crippen molar-refractivity contribution in [3.05, 3.63) is 5.82 Å². The van der Waals surface area contributed by atoms with Crippen molar-refractivity contribution in [3.63, 3.8) is 0 Å². The molecule has 0 aliphatic rings. The highest BCUT2D eigenvalue weighted by molar-refractivity contribution is 7.09. The quantitative estimate of drug-likeness (QED) is 0.811. The van der Waals surface area contributed by atoms with E-state index >= 15 is 0 Å². The van der Waals surface area contributed by atoms with Gasteiger partial charge in [-0.3, -0.25) is 10.1 Å². The third kappa shape index (κ3) is 5.13. The second kappa shape index (κ2) is 6.95. The Balaban J connectivity index is 2.79. The van der Waals surface area contributed by atoms with Crippen molar-refractivity contribution in [1.82, 2.24) is 9.36 Å². The summed E-state index contributed by atoms with van der Waals surface area (Å²) in [5, 5.41) is 3.25. The molecule has 1 N–H and O–H groups in total. The summed E-state index contributed by atoms with van der Waals surface area (Å²) in [6, 6.07) is 0. The number of carbonyl (C=O) groups excluding carboxylic acids is 1. The minimum absolute atomic E-state index is 0.0264. The average Bonchev–Trinajstić information content (AvgIpc) is 2.72. The van der Waals surface area contributed by atoms with E-state index in [0.29, 0.717) is 11.0 Å². The van der Waals surface area contributed by atoms with Crippen LogP contribution in [0.2, 0.25) is 18.1 Å². The molecule has 1 atom stereocenters. The summed E-state index contributed by atoms with van der Waals surface area (Å²) in [5.41, 5.74) is 0. The maximum absolute atomic E-state index is 12.4. The first-order chi connectivity index (χ1) is 9.56. The highest BCUT2D eigenvalue weighted by Gasteiger charge is 2.40. The molecule has 1 unspecified atom stereocenters. The number of ether oxygens (including phenoxy) is 1. The first kappa shape index (κ1) is 18.2. The van der Waals surface area contributed by atoms with Gasteiger partial charge in [-0.05, 0) is 25.1 Å². The zero-order valence-electron chi connectivity index (χ0n) is 13.8. The van der Waals surface area contributed by atoms with Crippen molar-refractivity contribution in [2.75, 3.05) is 19.0 Å². The molecule has 1 aromatic heterocycles. The minimum atomic E-state index is -2.05. The zero-order chi connectivity index (χ0) is 16.3. The Bertz CT molecular complexity index is 485. The van der Waals surface area contributed by atoms with Crippen molar-refractivity contribution >= 4 is 30.9 Å². The van der Waals surface area contributed by atoms with Crippen LogP contribution < -0.4 is 5.32 Å². The van der Waals surface area contributed by atoms with Gasteiger partial charge in [0.25, 0.3) is 5.91 Å². The van der Waals surface area contributed by atoms with Crippen molar-refractivity contribution < 1.29 is 14.0 Å². The van der Waals surface area contributed by atoms with Gasteiger partial charge in [-0.15, -0.1) is 0 Å². The normalized spacial score (nSPS) is 14.0. The molecule has 0 radical (unpaired) electrons. The molecule has 21 heavy (non-hydrogen) atoms. The maximum Gasteiger partial charge on any atom is 0.256 e. The van der Waals surface area contributed by atoms with Crippen LogP contribution in [0.15, 0.2) is 0 Å². The highest BCUT2D eigenvalue weighted by atomic mass is 32.1. The Kier molecular flexibility index (Phi) is 6.03. The van der Waals surface area contributed by atoms with E-state index in [4.69, 9.17) is 9.16 Å². The molecule has 0 aromatic carbocycles. The van der Waals surface area contributed by atoms with Crippen LogP contribution in [0, 0.1) is 6.92 Å². The SMILES string of the molecule is COCC(O[Si](C)(C)C(C)(C)C)C(=O)Nc1nc(C)ns1. The van der Waals surface area contributed by atoms with Crippen LogP contribution in [-0.4, -0.2) is 43.4 Å². The van der Waals surface area contributed by atoms with E-state index in [1.165, 1.54) is 0 Å². The fourth-order valence-corrected chi connectivity index (χ4v) is 3.20. The van der Waals surface area contributed by atoms with Gasteiger partial charge >= 0.3 is 0 Å². The van der Waals surface area contributed by atoms with Crippen LogP contribution in [0.1, 0.15) is 26.6 Å². The summed E-state index contributed by atoms with van der Waals surface area (Å²) >= 11 is 1.16. The third-order valence-corrected chi connectivity index (χ3v) is 8.82. The van der Waals surface area contributed by atoms with E-state index < -0.39 is 14.4 Å². The molecule has 1 amide bonds. The van der Waals surface area contributed by atoms with Crippen LogP contribution in [0.4, 0.5) is 5.13 Å². The number of anilines is 1. The van der Waals surface area contributed by atoms with Gasteiger partial charge in [0.1, 0.15) is 11.9 Å². The number of aromatic nitrogens is 2. The second-order valence-electron chi connectivity index (χ2n) is 6.46. The minimum Gasteiger partial charge on any atom is -0.403 e. The standard InChI is InChI=1S/C13H25N3O3SSi/c1-9-14-12(20-16-9)15-11(17)10(8-18-5)19-21(6,7)13(2,3)4/h10H,8H2,1-7H3,(H,14,15,16,17). The Morgan fingerprint density at radius 2 is 2.05 bits per heavy atom. The van der Waals surface area contributed by atoms with Gasteiger partial charge < -0.3 is 9.16 Å². The smallest absolute Gasteiger partial charge is 0.256 e. The highest BCUT2D eigenvalue weighted by Crippen LogP contribution is 2.37. The Hall–Kier alpha value is -0.833. The van der Waals surface area contributed by atoms with Crippen LogP contribution in [0.3, 0.4) is 0 Å².